The zero-order chi connectivity index (χ0) is 39.8. The van der Waals surface area contributed by atoms with Crippen LogP contribution >= 0.6 is 0 Å². The van der Waals surface area contributed by atoms with Crippen LogP contribution in [0.4, 0.5) is 17.1 Å². The van der Waals surface area contributed by atoms with Crippen molar-refractivity contribution < 1.29 is 4.42 Å². The van der Waals surface area contributed by atoms with Crippen molar-refractivity contribution in [2.75, 3.05) is 4.90 Å². The Morgan fingerprint density at radius 1 is 0.317 bits per heavy atom. The van der Waals surface area contributed by atoms with Crippen LogP contribution in [-0.2, 0) is 0 Å². The summed E-state index contributed by atoms with van der Waals surface area (Å²) in [5, 5.41) is 4.47. The number of anilines is 3. The van der Waals surface area contributed by atoms with Crippen LogP contribution in [0.2, 0.25) is 0 Å². The molecule has 9 aromatic carbocycles. The van der Waals surface area contributed by atoms with Gasteiger partial charge in [-0.15, -0.1) is 0 Å². The van der Waals surface area contributed by atoms with Gasteiger partial charge in [-0.3, -0.25) is 0 Å². The van der Waals surface area contributed by atoms with Crippen molar-refractivity contribution in [3.05, 3.63) is 218 Å². The highest BCUT2D eigenvalue weighted by molar-refractivity contribution is 6.14. The second-order valence-corrected chi connectivity index (χ2v) is 14.9. The van der Waals surface area contributed by atoms with Crippen molar-refractivity contribution in [2.45, 2.75) is 0 Å². The fourth-order valence-electron chi connectivity index (χ4n) is 8.16. The molecular weight excluding hydrogens is 733 g/mol. The van der Waals surface area contributed by atoms with Gasteiger partial charge in [0.1, 0.15) is 11.2 Å². The summed E-state index contributed by atoms with van der Waals surface area (Å²) in [6.45, 7) is 0. The molecule has 0 bridgehead atoms. The summed E-state index contributed by atoms with van der Waals surface area (Å²) in [6, 6.07) is 75.9. The summed E-state index contributed by atoms with van der Waals surface area (Å²) in [5.41, 5.74) is 11.8. The summed E-state index contributed by atoms with van der Waals surface area (Å²) in [6.07, 6.45) is 0. The second kappa shape index (κ2) is 15.0. The maximum atomic E-state index is 6.71. The standard InChI is InChI=1S/C55H36N4O/c1-4-15-37(16-5-1)39-27-30-45(31-28-39)59(46-32-29-38-17-10-11-22-42(38)34-46)47-35-49(52-48-25-12-13-26-50(48)60-51(52)36-47)43-23-14-24-44(33-43)55-57-53(40-18-6-2-7-19-40)56-54(58-55)41-20-8-3-9-21-41/h1-36H. The van der Waals surface area contributed by atoms with Gasteiger partial charge in [0.2, 0.25) is 0 Å². The van der Waals surface area contributed by atoms with Gasteiger partial charge in [0.25, 0.3) is 0 Å². The normalized spacial score (nSPS) is 11.3. The van der Waals surface area contributed by atoms with E-state index in [2.05, 4.69) is 150 Å². The zero-order valence-corrected chi connectivity index (χ0v) is 32.5. The number of aromatic nitrogens is 3. The van der Waals surface area contributed by atoms with E-state index in [4.69, 9.17) is 19.4 Å². The Balaban J connectivity index is 1.11. The number of fused-ring (bicyclic) bond motifs is 4. The van der Waals surface area contributed by atoms with Crippen LogP contribution in [0, 0.1) is 0 Å². The predicted molar refractivity (Wildman–Crippen MR) is 246 cm³/mol. The van der Waals surface area contributed by atoms with Gasteiger partial charge >= 0.3 is 0 Å². The van der Waals surface area contributed by atoms with Crippen LogP contribution in [0.15, 0.2) is 223 Å². The van der Waals surface area contributed by atoms with Crippen molar-refractivity contribution in [1.29, 1.82) is 0 Å². The molecule has 11 aromatic rings. The Hall–Kier alpha value is -8.15. The number of rotatable bonds is 8. The molecule has 0 spiro atoms. The summed E-state index contributed by atoms with van der Waals surface area (Å²) in [7, 11) is 0. The number of nitrogens with zero attached hydrogens (tertiary/aromatic N) is 4. The number of hydrogen-bond acceptors (Lipinski definition) is 5. The van der Waals surface area contributed by atoms with E-state index < -0.39 is 0 Å². The monoisotopic (exact) mass is 768 g/mol. The van der Waals surface area contributed by atoms with Crippen LogP contribution in [-0.4, -0.2) is 15.0 Å². The van der Waals surface area contributed by atoms with Crippen molar-refractivity contribution >= 4 is 49.8 Å². The van der Waals surface area contributed by atoms with Gasteiger partial charge in [0, 0.05) is 44.9 Å². The largest absolute Gasteiger partial charge is 0.456 e. The lowest BCUT2D eigenvalue weighted by atomic mass is 9.96. The first-order valence-electron chi connectivity index (χ1n) is 20.1. The Labute approximate surface area is 347 Å². The van der Waals surface area contributed by atoms with Gasteiger partial charge in [-0.1, -0.05) is 170 Å². The minimum atomic E-state index is 0.602. The van der Waals surface area contributed by atoms with Gasteiger partial charge < -0.3 is 9.32 Å². The molecule has 11 rings (SSSR count). The molecule has 0 N–H and O–H groups in total. The molecule has 0 atom stereocenters. The number of furan rings is 1. The predicted octanol–water partition coefficient (Wildman–Crippen LogP) is 14.7. The molecule has 0 saturated heterocycles. The number of para-hydroxylation sites is 1. The summed E-state index contributed by atoms with van der Waals surface area (Å²) in [4.78, 5) is 17.4. The average Bonchev–Trinajstić information content (AvgIpc) is 3.71. The minimum Gasteiger partial charge on any atom is -0.456 e. The van der Waals surface area contributed by atoms with Crippen molar-refractivity contribution in [1.82, 2.24) is 15.0 Å². The van der Waals surface area contributed by atoms with Gasteiger partial charge in [-0.2, -0.15) is 0 Å². The van der Waals surface area contributed by atoms with E-state index in [1.54, 1.807) is 0 Å². The third-order valence-corrected chi connectivity index (χ3v) is 11.1. The zero-order valence-electron chi connectivity index (χ0n) is 32.5. The lowest BCUT2D eigenvalue weighted by Gasteiger charge is -2.27. The third kappa shape index (κ3) is 6.54. The molecule has 0 aliphatic rings. The van der Waals surface area contributed by atoms with E-state index in [1.165, 1.54) is 16.3 Å². The molecule has 282 valence electrons. The SMILES string of the molecule is c1ccc(-c2ccc(N(c3ccc4ccccc4c3)c3cc(-c4cccc(-c5nc(-c6ccccc6)nc(-c6ccccc6)n5)c4)c4c(c3)oc3ccccc34)cc2)cc1. The summed E-state index contributed by atoms with van der Waals surface area (Å²) in [5.74, 6) is 1.85. The van der Waals surface area contributed by atoms with E-state index in [1.807, 2.05) is 72.8 Å². The smallest absolute Gasteiger partial charge is 0.164 e. The molecule has 2 heterocycles. The topological polar surface area (TPSA) is 55.1 Å². The molecule has 0 aliphatic carbocycles. The maximum Gasteiger partial charge on any atom is 0.164 e. The Morgan fingerprint density at radius 2 is 0.850 bits per heavy atom. The van der Waals surface area contributed by atoms with E-state index in [9.17, 15) is 0 Å². The summed E-state index contributed by atoms with van der Waals surface area (Å²) < 4.78 is 6.71. The van der Waals surface area contributed by atoms with Crippen LogP contribution in [0.5, 0.6) is 0 Å². The van der Waals surface area contributed by atoms with Gasteiger partial charge in [-0.05, 0) is 75.5 Å². The van der Waals surface area contributed by atoms with Crippen molar-refractivity contribution in [3.8, 4) is 56.4 Å². The highest BCUT2D eigenvalue weighted by atomic mass is 16.3. The van der Waals surface area contributed by atoms with E-state index in [0.717, 1.165) is 72.4 Å². The minimum absolute atomic E-state index is 0.602. The molecule has 2 aromatic heterocycles. The molecule has 0 radical (unpaired) electrons. The highest BCUT2D eigenvalue weighted by Gasteiger charge is 2.21. The van der Waals surface area contributed by atoms with E-state index in [0.29, 0.717) is 17.5 Å². The molecule has 0 unspecified atom stereocenters. The highest BCUT2D eigenvalue weighted by Crippen LogP contribution is 2.45. The fraction of sp³-hybridized carbons (Fsp3) is 0. The first-order valence-corrected chi connectivity index (χ1v) is 20.1. The van der Waals surface area contributed by atoms with Crippen LogP contribution in [0.3, 0.4) is 0 Å². The van der Waals surface area contributed by atoms with Crippen molar-refractivity contribution in [2.24, 2.45) is 0 Å². The molecule has 0 amide bonds. The molecule has 0 fully saturated rings. The Kier molecular flexibility index (Phi) is 8.75. The quantitative estimate of drug-likeness (QED) is 0.154. The first-order chi connectivity index (χ1) is 29.7. The van der Waals surface area contributed by atoms with E-state index in [-0.39, 0.29) is 0 Å². The van der Waals surface area contributed by atoms with Crippen molar-refractivity contribution in [3.63, 3.8) is 0 Å². The maximum absolute atomic E-state index is 6.71. The number of benzene rings is 9. The fourth-order valence-corrected chi connectivity index (χ4v) is 8.16. The van der Waals surface area contributed by atoms with Gasteiger partial charge in [0.15, 0.2) is 17.5 Å². The molecule has 60 heavy (non-hydrogen) atoms. The van der Waals surface area contributed by atoms with Gasteiger partial charge in [0.05, 0.1) is 5.69 Å². The molecule has 0 saturated carbocycles. The average molecular weight is 769 g/mol. The first kappa shape index (κ1) is 35.0. The van der Waals surface area contributed by atoms with Gasteiger partial charge in [-0.25, -0.2) is 15.0 Å². The van der Waals surface area contributed by atoms with Crippen LogP contribution in [0.1, 0.15) is 0 Å². The Morgan fingerprint density at radius 3 is 1.55 bits per heavy atom. The molecule has 5 heteroatoms. The molecule has 0 aliphatic heterocycles. The molecular formula is C55H36N4O. The summed E-state index contributed by atoms with van der Waals surface area (Å²) >= 11 is 0. The van der Waals surface area contributed by atoms with Crippen LogP contribution < -0.4 is 4.90 Å². The van der Waals surface area contributed by atoms with Crippen LogP contribution in [0.25, 0.3) is 89.1 Å². The lowest BCUT2D eigenvalue weighted by Crippen LogP contribution is -2.10. The van der Waals surface area contributed by atoms with E-state index >= 15 is 0 Å². The Bertz CT molecular complexity index is 3250. The lowest BCUT2D eigenvalue weighted by molar-refractivity contribution is 0.669. The molecule has 5 nitrogen and oxygen atoms in total. The second-order valence-electron chi connectivity index (χ2n) is 14.9. The third-order valence-electron chi connectivity index (χ3n) is 11.1. The number of hydrogen-bond donors (Lipinski definition) is 0.